The molecule has 3 fully saturated rings. The minimum absolute atomic E-state index is 0.130. The molecular formula is C15H27N3O. The van der Waals surface area contributed by atoms with E-state index in [4.69, 9.17) is 0 Å². The van der Waals surface area contributed by atoms with Gasteiger partial charge in [-0.2, -0.15) is 0 Å². The first kappa shape index (κ1) is 13.2. The van der Waals surface area contributed by atoms with E-state index < -0.39 is 0 Å². The highest BCUT2D eigenvalue weighted by molar-refractivity contribution is 5.76. The van der Waals surface area contributed by atoms with Crippen molar-refractivity contribution in [3.05, 3.63) is 0 Å². The van der Waals surface area contributed by atoms with E-state index in [0.29, 0.717) is 0 Å². The molecule has 0 aromatic rings. The van der Waals surface area contributed by atoms with Gasteiger partial charge >= 0.3 is 6.03 Å². The summed E-state index contributed by atoms with van der Waals surface area (Å²) in [7, 11) is 0. The fourth-order valence-electron chi connectivity index (χ4n) is 4.42. The molecule has 108 valence electrons. The smallest absolute Gasteiger partial charge is 0.317 e. The van der Waals surface area contributed by atoms with Crippen LogP contribution in [0, 0.1) is 11.8 Å². The number of carbonyl (C=O) groups excluding carboxylic acids is 1. The third kappa shape index (κ3) is 2.73. The van der Waals surface area contributed by atoms with E-state index in [1.807, 2.05) is 4.90 Å². The topological polar surface area (TPSA) is 35.6 Å². The van der Waals surface area contributed by atoms with Gasteiger partial charge in [0.1, 0.15) is 0 Å². The van der Waals surface area contributed by atoms with Crippen molar-refractivity contribution in [1.29, 1.82) is 0 Å². The van der Waals surface area contributed by atoms with Crippen molar-refractivity contribution in [2.24, 2.45) is 11.8 Å². The van der Waals surface area contributed by atoms with Crippen LogP contribution in [0.1, 0.15) is 39.0 Å². The molecule has 2 amide bonds. The second kappa shape index (κ2) is 5.70. The van der Waals surface area contributed by atoms with Crippen LogP contribution in [0.5, 0.6) is 0 Å². The Morgan fingerprint density at radius 2 is 2.00 bits per heavy atom. The molecule has 2 heterocycles. The summed E-state index contributed by atoms with van der Waals surface area (Å²) in [5.74, 6) is 1.76. The minimum Gasteiger partial charge on any atom is -0.336 e. The molecule has 19 heavy (non-hydrogen) atoms. The summed E-state index contributed by atoms with van der Waals surface area (Å²) in [6, 6.07) is 0.915. The number of rotatable bonds is 3. The SMILES string of the molecule is C[C@@H]1CCC[C@H]2CCCN(CCN3CCNC3=O)[C@H]21. The summed E-state index contributed by atoms with van der Waals surface area (Å²) in [6.07, 6.45) is 7.01. The Hall–Kier alpha value is -0.770. The number of carbonyl (C=O) groups is 1. The van der Waals surface area contributed by atoms with Gasteiger partial charge in [-0.05, 0) is 44.1 Å². The first-order valence-electron chi connectivity index (χ1n) is 8.02. The second-order valence-electron chi connectivity index (χ2n) is 6.56. The Morgan fingerprint density at radius 1 is 1.16 bits per heavy atom. The van der Waals surface area contributed by atoms with Gasteiger partial charge in [0.2, 0.25) is 0 Å². The van der Waals surface area contributed by atoms with Gasteiger partial charge < -0.3 is 10.2 Å². The van der Waals surface area contributed by atoms with E-state index >= 15 is 0 Å². The molecule has 3 rings (SSSR count). The zero-order valence-corrected chi connectivity index (χ0v) is 12.1. The first-order valence-corrected chi connectivity index (χ1v) is 8.02. The Balaban J connectivity index is 1.57. The minimum atomic E-state index is 0.130. The maximum absolute atomic E-state index is 11.6. The van der Waals surface area contributed by atoms with Crippen LogP contribution in [0.25, 0.3) is 0 Å². The Labute approximate surface area is 116 Å². The van der Waals surface area contributed by atoms with E-state index in [0.717, 1.165) is 44.1 Å². The predicted octanol–water partition coefficient (Wildman–Crippen LogP) is 1.91. The van der Waals surface area contributed by atoms with Crippen molar-refractivity contribution in [2.75, 3.05) is 32.7 Å². The number of fused-ring (bicyclic) bond motifs is 1. The molecule has 0 unspecified atom stereocenters. The summed E-state index contributed by atoms with van der Waals surface area (Å²) < 4.78 is 0. The number of urea groups is 1. The highest BCUT2D eigenvalue weighted by Gasteiger charge is 2.37. The summed E-state index contributed by atoms with van der Waals surface area (Å²) in [6.45, 7) is 7.34. The maximum Gasteiger partial charge on any atom is 0.317 e. The van der Waals surface area contributed by atoms with Crippen molar-refractivity contribution in [3.63, 3.8) is 0 Å². The number of likely N-dealkylation sites (tertiary alicyclic amines) is 1. The molecule has 3 aliphatic rings. The fraction of sp³-hybridized carbons (Fsp3) is 0.933. The zero-order valence-electron chi connectivity index (χ0n) is 12.1. The Morgan fingerprint density at radius 3 is 2.79 bits per heavy atom. The number of nitrogens with zero attached hydrogens (tertiary/aromatic N) is 2. The van der Waals surface area contributed by atoms with Crippen molar-refractivity contribution in [2.45, 2.75) is 45.1 Å². The molecule has 0 aromatic heterocycles. The number of nitrogens with one attached hydrogen (secondary N) is 1. The van der Waals surface area contributed by atoms with Crippen molar-refractivity contribution in [1.82, 2.24) is 15.1 Å². The summed E-state index contributed by atoms with van der Waals surface area (Å²) >= 11 is 0. The van der Waals surface area contributed by atoms with Gasteiger partial charge in [0.05, 0.1) is 0 Å². The largest absolute Gasteiger partial charge is 0.336 e. The molecule has 2 saturated heterocycles. The molecule has 0 bridgehead atoms. The lowest BCUT2D eigenvalue weighted by molar-refractivity contribution is 0.0221. The first-order chi connectivity index (χ1) is 9.25. The maximum atomic E-state index is 11.6. The molecule has 4 heteroatoms. The highest BCUT2D eigenvalue weighted by Crippen LogP contribution is 2.38. The molecule has 0 radical (unpaired) electrons. The average molecular weight is 265 g/mol. The van der Waals surface area contributed by atoms with Crippen molar-refractivity contribution in [3.8, 4) is 0 Å². The summed E-state index contributed by atoms with van der Waals surface area (Å²) in [4.78, 5) is 16.2. The van der Waals surface area contributed by atoms with Crippen LogP contribution in [0.3, 0.4) is 0 Å². The molecule has 4 nitrogen and oxygen atoms in total. The number of hydrogen-bond donors (Lipinski definition) is 1. The van der Waals surface area contributed by atoms with Gasteiger partial charge in [0.15, 0.2) is 0 Å². The van der Waals surface area contributed by atoms with Crippen LogP contribution in [0.2, 0.25) is 0 Å². The fourth-order valence-corrected chi connectivity index (χ4v) is 4.42. The lowest BCUT2D eigenvalue weighted by Gasteiger charge is -2.47. The van der Waals surface area contributed by atoms with Crippen LogP contribution < -0.4 is 5.32 Å². The molecular weight excluding hydrogens is 238 g/mol. The van der Waals surface area contributed by atoms with E-state index in [-0.39, 0.29) is 6.03 Å². The lowest BCUT2D eigenvalue weighted by atomic mass is 9.73. The normalized spacial score (nSPS) is 36.2. The number of hydrogen-bond acceptors (Lipinski definition) is 2. The van der Waals surface area contributed by atoms with Crippen LogP contribution >= 0.6 is 0 Å². The van der Waals surface area contributed by atoms with Crippen LogP contribution in [-0.2, 0) is 0 Å². The molecule has 3 atom stereocenters. The third-order valence-electron chi connectivity index (χ3n) is 5.34. The van der Waals surface area contributed by atoms with Gasteiger partial charge in [-0.3, -0.25) is 4.90 Å². The van der Waals surface area contributed by atoms with Gasteiger partial charge in [-0.25, -0.2) is 4.79 Å². The molecule has 1 saturated carbocycles. The average Bonchev–Trinajstić information content (AvgIpc) is 2.82. The van der Waals surface area contributed by atoms with E-state index in [1.165, 1.54) is 38.6 Å². The third-order valence-corrected chi connectivity index (χ3v) is 5.34. The quantitative estimate of drug-likeness (QED) is 0.846. The molecule has 0 aromatic carbocycles. The molecule has 2 aliphatic heterocycles. The van der Waals surface area contributed by atoms with E-state index in [9.17, 15) is 4.79 Å². The summed E-state index contributed by atoms with van der Waals surface area (Å²) in [5, 5.41) is 2.89. The Kier molecular flexibility index (Phi) is 3.96. The second-order valence-corrected chi connectivity index (χ2v) is 6.56. The molecule has 1 aliphatic carbocycles. The summed E-state index contributed by atoms with van der Waals surface area (Å²) in [5.41, 5.74) is 0. The van der Waals surface area contributed by atoms with Gasteiger partial charge in [-0.1, -0.05) is 13.3 Å². The predicted molar refractivity (Wildman–Crippen MR) is 76.1 cm³/mol. The molecule has 1 N–H and O–H groups in total. The van der Waals surface area contributed by atoms with Crippen molar-refractivity contribution < 1.29 is 4.79 Å². The van der Waals surface area contributed by atoms with Gasteiger partial charge in [0.25, 0.3) is 0 Å². The van der Waals surface area contributed by atoms with Crippen LogP contribution in [-0.4, -0.2) is 54.6 Å². The van der Waals surface area contributed by atoms with E-state index in [1.54, 1.807) is 0 Å². The highest BCUT2D eigenvalue weighted by atomic mass is 16.2. The lowest BCUT2D eigenvalue weighted by Crippen LogP contribution is -2.52. The van der Waals surface area contributed by atoms with E-state index in [2.05, 4.69) is 17.1 Å². The standard InChI is InChI=1S/C15H27N3O/c1-12-4-2-5-13-6-3-8-17(14(12)13)10-11-18-9-7-16-15(18)19/h12-14H,2-11H2,1H3,(H,16,19)/t12-,13+,14+/m1/s1. The molecule has 0 spiro atoms. The van der Waals surface area contributed by atoms with Gasteiger partial charge in [-0.15, -0.1) is 0 Å². The number of piperidine rings is 1. The van der Waals surface area contributed by atoms with Gasteiger partial charge in [0, 0.05) is 32.2 Å². The van der Waals surface area contributed by atoms with Crippen LogP contribution in [0.4, 0.5) is 4.79 Å². The zero-order chi connectivity index (χ0) is 13.2. The monoisotopic (exact) mass is 265 g/mol. The Bertz CT molecular complexity index is 331. The van der Waals surface area contributed by atoms with Crippen molar-refractivity contribution >= 4 is 6.03 Å². The number of amides is 2. The van der Waals surface area contributed by atoms with Crippen LogP contribution in [0.15, 0.2) is 0 Å².